The number of urea groups is 1. The molecule has 2 N–H and O–H groups in total. The molecule has 0 bridgehead atoms. The number of aliphatic imine (C=N–C) groups is 1. The molecule has 0 spiro atoms. The Morgan fingerprint density at radius 1 is 0.867 bits per heavy atom. The van der Waals surface area contributed by atoms with Crippen LogP contribution in [0.15, 0.2) is 51.7 Å². The standard InChI is InChI=1S/C28H28F7N7O3/c29-19-8-5-7-18(27(30,31)32)21(19)38-25(44)41-14-12-40(13-15-41)20-9-4-6-17(16-36-20)37-24(43)22-23(28(33,34)35)39-26(45-22)42-10-2-1-3-11-42/h4-5,7-9,16H,1-3,6,10-15H2,(H,37,43)(H,38,44). The van der Waals surface area contributed by atoms with E-state index in [1.54, 1.807) is 22.0 Å². The predicted molar refractivity (Wildman–Crippen MR) is 148 cm³/mol. The van der Waals surface area contributed by atoms with Gasteiger partial charge in [0.05, 0.1) is 11.3 Å². The summed E-state index contributed by atoms with van der Waals surface area (Å²) in [6.45, 7) is 1.54. The van der Waals surface area contributed by atoms with Crippen molar-refractivity contribution in [2.45, 2.75) is 38.0 Å². The van der Waals surface area contributed by atoms with Gasteiger partial charge in [-0.1, -0.05) is 12.1 Å². The number of rotatable bonds is 4. The van der Waals surface area contributed by atoms with Gasteiger partial charge < -0.3 is 29.8 Å². The monoisotopic (exact) mass is 643 g/mol. The van der Waals surface area contributed by atoms with Crippen molar-refractivity contribution in [3.63, 3.8) is 0 Å². The number of piperidine rings is 1. The Morgan fingerprint density at radius 2 is 1.58 bits per heavy atom. The van der Waals surface area contributed by atoms with E-state index in [4.69, 9.17) is 4.42 Å². The first-order valence-electron chi connectivity index (χ1n) is 14.1. The molecule has 3 aliphatic heterocycles. The number of oxazole rings is 1. The zero-order chi connectivity index (χ0) is 32.4. The van der Waals surface area contributed by atoms with Gasteiger partial charge in [0.25, 0.3) is 11.9 Å². The van der Waals surface area contributed by atoms with E-state index in [1.165, 1.54) is 11.1 Å². The van der Waals surface area contributed by atoms with Crippen molar-refractivity contribution in [2.75, 3.05) is 49.5 Å². The Morgan fingerprint density at radius 3 is 2.24 bits per heavy atom. The number of benzene rings is 1. The van der Waals surface area contributed by atoms with Gasteiger partial charge in [-0.05, 0) is 37.5 Å². The maximum atomic E-state index is 14.2. The Labute approximate surface area is 252 Å². The fourth-order valence-corrected chi connectivity index (χ4v) is 5.09. The number of hydrogen-bond donors (Lipinski definition) is 2. The van der Waals surface area contributed by atoms with E-state index < -0.39 is 52.8 Å². The van der Waals surface area contributed by atoms with Crippen LogP contribution in [0.3, 0.4) is 0 Å². The summed E-state index contributed by atoms with van der Waals surface area (Å²) in [5.74, 6) is -2.87. The lowest BCUT2D eigenvalue weighted by atomic mass is 10.1. The zero-order valence-corrected chi connectivity index (χ0v) is 23.6. The summed E-state index contributed by atoms with van der Waals surface area (Å²) in [7, 11) is 0. The normalized spacial score (nSPS) is 17.9. The molecule has 10 nitrogen and oxygen atoms in total. The van der Waals surface area contributed by atoms with Gasteiger partial charge in [-0.2, -0.15) is 31.3 Å². The van der Waals surface area contributed by atoms with Crippen LogP contribution in [0.1, 0.15) is 47.5 Å². The fourth-order valence-electron chi connectivity index (χ4n) is 5.09. The van der Waals surface area contributed by atoms with Crippen molar-refractivity contribution in [1.82, 2.24) is 20.1 Å². The summed E-state index contributed by atoms with van der Waals surface area (Å²) in [6, 6.07) is 1.23. The summed E-state index contributed by atoms with van der Waals surface area (Å²) < 4.78 is 100. The molecule has 0 atom stereocenters. The van der Waals surface area contributed by atoms with E-state index in [0.29, 0.717) is 25.0 Å². The summed E-state index contributed by atoms with van der Waals surface area (Å²) >= 11 is 0. The van der Waals surface area contributed by atoms with Crippen LogP contribution in [0.25, 0.3) is 0 Å². The molecule has 1 aromatic carbocycles. The number of allylic oxidation sites excluding steroid dienone is 1. The number of carbonyl (C=O) groups is 2. The highest BCUT2D eigenvalue weighted by molar-refractivity contribution is 5.96. The Hall–Kier alpha value is -4.57. The van der Waals surface area contributed by atoms with Crippen molar-refractivity contribution < 1.29 is 44.7 Å². The van der Waals surface area contributed by atoms with Gasteiger partial charge >= 0.3 is 18.4 Å². The number of amides is 3. The molecule has 2 saturated heterocycles. The Bertz CT molecular complexity index is 1520. The van der Waals surface area contributed by atoms with E-state index in [1.807, 2.05) is 5.32 Å². The van der Waals surface area contributed by atoms with Gasteiger partial charge in [0, 0.05) is 57.6 Å². The highest BCUT2D eigenvalue weighted by Gasteiger charge is 2.42. The van der Waals surface area contributed by atoms with Gasteiger partial charge in [0.2, 0.25) is 5.76 Å². The van der Waals surface area contributed by atoms with Crippen molar-refractivity contribution in [3.05, 3.63) is 65.1 Å². The van der Waals surface area contributed by atoms with Crippen LogP contribution < -0.4 is 15.5 Å². The molecule has 1 aromatic heterocycles. The minimum Gasteiger partial charge on any atom is -0.417 e. The smallest absolute Gasteiger partial charge is 0.417 e. The number of alkyl halides is 6. The van der Waals surface area contributed by atoms with E-state index in [2.05, 4.69) is 15.3 Å². The molecule has 17 heteroatoms. The van der Waals surface area contributed by atoms with Gasteiger partial charge in [-0.3, -0.25) is 4.79 Å². The molecule has 3 amide bonds. The topological polar surface area (TPSA) is 106 Å². The average Bonchev–Trinajstić information content (AvgIpc) is 3.34. The Kier molecular flexibility index (Phi) is 9.06. The lowest BCUT2D eigenvalue weighted by Crippen LogP contribution is -2.51. The number of nitrogens with zero attached hydrogens (tertiary/aromatic N) is 5. The van der Waals surface area contributed by atoms with Gasteiger partial charge in [0.1, 0.15) is 11.7 Å². The molecule has 45 heavy (non-hydrogen) atoms. The number of hydrogen-bond acceptors (Lipinski definition) is 7. The number of carbonyl (C=O) groups excluding carboxylic acids is 2. The van der Waals surface area contributed by atoms with Crippen LogP contribution >= 0.6 is 0 Å². The van der Waals surface area contributed by atoms with Crippen LogP contribution in [-0.4, -0.2) is 71.8 Å². The molecular formula is C28H28F7N7O3. The number of amidine groups is 1. The van der Waals surface area contributed by atoms with Crippen molar-refractivity contribution in [3.8, 4) is 0 Å². The van der Waals surface area contributed by atoms with E-state index in [0.717, 1.165) is 31.4 Å². The number of halogens is 7. The third-order valence-electron chi connectivity index (χ3n) is 7.39. The van der Waals surface area contributed by atoms with E-state index in [-0.39, 0.29) is 44.3 Å². The molecule has 5 rings (SSSR count). The van der Waals surface area contributed by atoms with Gasteiger partial charge in [-0.25, -0.2) is 14.2 Å². The molecule has 0 unspecified atom stereocenters. The third kappa shape index (κ3) is 7.39. The number of aromatic nitrogens is 1. The minimum absolute atomic E-state index is 0.0763. The number of nitrogens with one attached hydrogen (secondary N) is 2. The van der Waals surface area contributed by atoms with Crippen molar-refractivity contribution in [2.24, 2.45) is 4.99 Å². The molecule has 0 aliphatic carbocycles. The Balaban J connectivity index is 1.21. The SMILES string of the molecule is O=C(NC1=CN=C(N2CCN(C(=O)Nc3c(F)cccc3C(F)(F)F)CC2)C=CC1)c1oc(N2CCCCC2)nc1C(F)(F)F. The summed E-state index contributed by atoms with van der Waals surface area (Å²) in [4.78, 5) is 38.0. The largest absolute Gasteiger partial charge is 0.437 e. The summed E-state index contributed by atoms with van der Waals surface area (Å²) in [6.07, 6.45) is -2.63. The maximum absolute atomic E-state index is 14.2. The second-order valence-corrected chi connectivity index (χ2v) is 10.5. The highest BCUT2D eigenvalue weighted by Crippen LogP contribution is 2.37. The molecule has 2 aromatic rings. The van der Waals surface area contributed by atoms with Gasteiger partial charge in [-0.15, -0.1) is 0 Å². The lowest BCUT2D eigenvalue weighted by molar-refractivity contribution is -0.141. The van der Waals surface area contributed by atoms with Gasteiger partial charge in [0.15, 0.2) is 5.69 Å². The van der Waals surface area contributed by atoms with Crippen molar-refractivity contribution >= 4 is 29.5 Å². The first kappa shape index (κ1) is 31.8. The van der Waals surface area contributed by atoms with Crippen LogP contribution in [0, 0.1) is 5.82 Å². The van der Waals surface area contributed by atoms with Crippen LogP contribution in [0.4, 0.5) is 47.2 Å². The highest BCUT2D eigenvalue weighted by atomic mass is 19.4. The van der Waals surface area contributed by atoms with Crippen molar-refractivity contribution in [1.29, 1.82) is 0 Å². The number of anilines is 2. The summed E-state index contributed by atoms with van der Waals surface area (Å²) in [5, 5.41) is 4.44. The predicted octanol–water partition coefficient (Wildman–Crippen LogP) is 5.62. The third-order valence-corrected chi connectivity index (χ3v) is 7.39. The molecular weight excluding hydrogens is 615 g/mol. The van der Waals surface area contributed by atoms with Crippen LogP contribution in [0.5, 0.6) is 0 Å². The first-order chi connectivity index (χ1) is 21.3. The number of para-hydroxylation sites is 1. The lowest BCUT2D eigenvalue weighted by Gasteiger charge is -2.35. The molecule has 2 fully saturated rings. The molecule has 242 valence electrons. The van der Waals surface area contributed by atoms with E-state index >= 15 is 0 Å². The average molecular weight is 644 g/mol. The first-order valence-corrected chi connectivity index (χ1v) is 14.1. The quantitative estimate of drug-likeness (QED) is 0.419. The molecule has 4 heterocycles. The molecule has 3 aliphatic rings. The second-order valence-electron chi connectivity index (χ2n) is 10.5. The second kappa shape index (κ2) is 12.8. The zero-order valence-electron chi connectivity index (χ0n) is 23.6. The summed E-state index contributed by atoms with van der Waals surface area (Å²) in [5.41, 5.74) is -3.48. The van der Waals surface area contributed by atoms with E-state index in [9.17, 15) is 40.3 Å². The maximum Gasteiger partial charge on any atom is 0.437 e. The molecule has 0 radical (unpaired) electrons. The number of piperazine rings is 1. The molecule has 0 saturated carbocycles. The fraction of sp³-hybridized carbons (Fsp3) is 0.429. The van der Waals surface area contributed by atoms with Crippen LogP contribution in [-0.2, 0) is 12.4 Å². The van der Waals surface area contributed by atoms with Crippen LogP contribution in [0.2, 0.25) is 0 Å². The minimum atomic E-state index is -4.91.